The van der Waals surface area contributed by atoms with Gasteiger partial charge >= 0.3 is 12.3 Å². The molecule has 1 aliphatic heterocycles. The summed E-state index contributed by atoms with van der Waals surface area (Å²) in [5.41, 5.74) is 1.96. The third-order valence-corrected chi connectivity index (χ3v) is 5.82. The standard InChI is InChI=1S/C30H27F3N4O3/c1-29(2,3)40-28(39)37-17-15-26(34-16-18-37)25-14-9-22(19-35-25)27(38)36(4)24-12-7-21(8-13-24)20-5-10-23(11-6-20)30(31,32)33/h5-19H,1-4H3. The molecule has 0 spiro atoms. The van der Waals surface area contributed by atoms with Crippen LogP contribution in [0.5, 0.6) is 0 Å². The number of ether oxygens (including phenoxy) is 1. The van der Waals surface area contributed by atoms with Gasteiger partial charge in [-0.1, -0.05) is 24.3 Å². The molecule has 1 aliphatic rings. The van der Waals surface area contributed by atoms with Crippen molar-refractivity contribution in [2.24, 2.45) is 4.99 Å². The number of benzene rings is 2. The van der Waals surface area contributed by atoms with Crippen LogP contribution in [0.2, 0.25) is 0 Å². The van der Waals surface area contributed by atoms with E-state index in [-0.39, 0.29) is 5.91 Å². The fraction of sp³-hybridized carbons (Fsp3) is 0.200. The molecule has 40 heavy (non-hydrogen) atoms. The van der Waals surface area contributed by atoms with E-state index in [1.54, 1.807) is 70.3 Å². The van der Waals surface area contributed by atoms with Crippen LogP contribution in [0, 0.1) is 0 Å². The molecule has 0 N–H and O–H groups in total. The fourth-order valence-electron chi connectivity index (χ4n) is 3.73. The van der Waals surface area contributed by atoms with E-state index in [0.717, 1.165) is 17.7 Å². The number of nitrogens with zero attached hydrogens (tertiary/aromatic N) is 4. The number of alkyl halides is 3. The number of aliphatic imine (C=N–C) groups is 1. The number of halogens is 3. The fourth-order valence-corrected chi connectivity index (χ4v) is 3.73. The number of rotatable bonds is 4. The molecule has 0 bridgehead atoms. The third-order valence-electron chi connectivity index (χ3n) is 5.82. The van der Waals surface area contributed by atoms with Gasteiger partial charge in [-0.25, -0.2) is 4.79 Å². The van der Waals surface area contributed by atoms with E-state index in [1.165, 1.54) is 46.7 Å². The minimum atomic E-state index is -4.39. The Morgan fingerprint density at radius 3 is 2.05 bits per heavy atom. The van der Waals surface area contributed by atoms with Crippen molar-refractivity contribution in [3.63, 3.8) is 0 Å². The Morgan fingerprint density at radius 1 is 0.875 bits per heavy atom. The highest BCUT2D eigenvalue weighted by Gasteiger charge is 2.30. The Balaban J connectivity index is 1.42. The minimum absolute atomic E-state index is 0.296. The van der Waals surface area contributed by atoms with Crippen LogP contribution in [0.3, 0.4) is 0 Å². The van der Waals surface area contributed by atoms with Crippen LogP contribution in [-0.2, 0) is 10.9 Å². The Morgan fingerprint density at radius 2 is 1.50 bits per heavy atom. The molecule has 0 unspecified atom stereocenters. The van der Waals surface area contributed by atoms with E-state index in [2.05, 4.69) is 9.98 Å². The second kappa shape index (κ2) is 11.2. The number of amides is 2. The highest BCUT2D eigenvalue weighted by molar-refractivity contribution is 6.09. The molecule has 206 valence electrons. The summed E-state index contributed by atoms with van der Waals surface area (Å²) in [5.74, 6) is -0.296. The molecule has 7 nitrogen and oxygen atoms in total. The van der Waals surface area contributed by atoms with Gasteiger partial charge in [-0.05, 0) is 74.4 Å². The lowest BCUT2D eigenvalue weighted by Gasteiger charge is -2.22. The lowest BCUT2D eigenvalue weighted by atomic mass is 10.0. The van der Waals surface area contributed by atoms with Gasteiger partial charge in [0.25, 0.3) is 5.91 Å². The molecule has 2 amide bonds. The van der Waals surface area contributed by atoms with E-state index >= 15 is 0 Å². The second-order valence-electron chi connectivity index (χ2n) is 9.93. The van der Waals surface area contributed by atoms with E-state index in [4.69, 9.17) is 4.74 Å². The van der Waals surface area contributed by atoms with Crippen LogP contribution in [0.15, 0.2) is 96.5 Å². The summed E-state index contributed by atoms with van der Waals surface area (Å²) < 4.78 is 43.8. The van der Waals surface area contributed by atoms with Gasteiger partial charge in [0, 0.05) is 37.5 Å². The molecule has 2 aromatic carbocycles. The van der Waals surface area contributed by atoms with Crippen molar-refractivity contribution in [1.82, 2.24) is 9.88 Å². The van der Waals surface area contributed by atoms with Crippen molar-refractivity contribution >= 4 is 23.4 Å². The second-order valence-corrected chi connectivity index (χ2v) is 9.93. The van der Waals surface area contributed by atoms with Crippen LogP contribution in [0.25, 0.3) is 11.1 Å². The first-order valence-electron chi connectivity index (χ1n) is 12.3. The highest BCUT2D eigenvalue weighted by Crippen LogP contribution is 2.31. The number of hydrogen-bond acceptors (Lipinski definition) is 5. The molecule has 1 aromatic heterocycles. The average molecular weight is 549 g/mol. The first-order chi connectivity index (χ1) is 18.8. The predicted molar refractivity (Wildman–Crippen MR) is 147 cm³/mol. The van der Waals surface area contributed by atoms with Crippen LogP contribution in [-0.4, -0.2) is 40.2 Å². The van der Waals surface area contributed by atoms with Crippen molar-refractivity contribution in [1.29, 1.82) is 0 Å². The molecule has 0 saturated carbocycles. The quantitative estimate of drug-likeness (QED) is 0.350. The minimum Gasteiger partial charge on any atom is -0.443 e. The molecule has 0 atom stereocenters. The summed E-state index contributed by atoms with van der Waals surface area (Å²) in [6, 6.07) is 15.1. The van der Waals surface area contributed by atoms with Gasteiger partial charge in [0.15, 0.2) is 0 Å². The summed E-state index contributed by atoms with van der Waals surface area (Å²) in [7, 11) is 1.62. The monoisotopic (exact) mass is 548 g/mol. The van der Waals surface area contributed by atoms with Crippen molar-refractivity contribution in [3.05, 3.63) is 108 Å². The van der Waals surface area contributed by atoms with Crippen molar-refractivity contribution in [2.45, 2.75) is 32.5 Å². The average Bonchev–Trinajstić information content (AvgIpc) is 3.18. The van der Waals surface area contributed by atoms with Crippen LogP contribution >= 0.6 is 0 Å². The van der Waals surface area contributed by atoms with Crippen LogP contribution in [0.1, 0.15) is 42.4 Å². The summed E-state index contributed by atoms with van der Waals surface area (Å²) in [6.07, 6.45) is 2.60. The molecular weight excluding hydrogens is 521 g/mol. The first-order valence-corrected chi connectivity index (χ1v) is 12.3. The van der Waals surface area contributed by atoms with Crippen molar-refractivity contribution in [2.75, 3.05) is 11.9 Å². The summed E-state index contributed by atoms with van der Waals surface area (Å²) in [4.78, 5) is 36.8. The van der Waals surface area contributed by atoms with Gasteiger partial charge in [0.1, 0.15) is 5.60 Å². The molecule has 0 saturated heterocycles. The molecule has 2 heterocycles. The molecule has 10 heteroatoms. The Kier molecular flexibility index (Phi) is 7.90. The Bertz CT molecular complexity index is 1470. The largest absolute Gasteiger partial charge is 0.443 e. The SMILES string of the molecule is CN(C(=O)c1ccc(C2=NC=CN(C(=O)OC(C)(C)C)C=C2)nc1)c1ccc(-c2ccc(C(F)(F)F)cc2)cc1. The van der Waals surface area contributed by atoms with E-state index in [1.807, 2.05) is 0 Å². The van der Waals surface area contributed by atoms with Crippen molar-refractivity contribution < 1.29 is 27.5 Å². The van der Waals surface area contributed by atoms with E-state index in [0.29, 0.717) is 28.2 Å². The number of carbonyl (C=O) groups excluding carboxylic acids is 2. The normalized spacial score (nSPS) is 13.5. The lowest BCUT2D eigenvalue weighted by Crippen LogP contribution is -2.30. The number of allylic oxidation sites excluding steroid dienone is 1. The molecule has 3 aromatic rings. The number of anilines is 1. The van der Waals surface area contributed by atoms with Crippen LogP contribution in [0.4, 0.5) is 23.7 Å². The maximum Gasteiger partial charge on any atom is 0.418 e. The summed E-state index contributed by atoms with van der Waals surface area (Å²) >= 11 is 0. The number of carbonyl (C=O) groups is 2. The molecule has 4 rings (SSSR count). The highest BCUT2D eigenvalue weighted by atomic mass is 19.4. The van der Waals surface area contributed by atoms with Gasteiger partial charge in [-0.3, -0.25) is 19.7 Å². The third kappa shape index (κ3) is 6.82. The van der Waals surface area contributed by atoms with Crippen molar-refractivity contribution in [3.8, 4) is 11.1 Å². The van der Waals surface area contributed by atoms with Gasteiger partial charge in [0.05, 0.1) is 22.5 Å². The zero-order valence-corrected chi connectivity index (χ0v) is 22.3. The Labute approximate surface area is 229 Å². The van der Waals surface area contributed by atoms with Gasteiger partial charge in [-0.15, -0.1) is 0 Å². The number of hydrogen-bond donors (Lipinski definition) is 0. The molecule has 0 aliphatic carbocycles. The maximum atomic E-state index is 13.1. The van der Waals surface area contributed by atoms with E-state index in [9.17, 15) is 22.8 Å². The van der Waals surface area contributed by atoms with Gasteiger partial charge in [0.2, 0.25) is 0 Å². The van der Waals surface area contributed by atoms with Gasteiger partial charge < -0.3 is 9.64 Å². The summed E-state index contributed by atoms with van der Waals surface area (Å²) in [6.45, 7) is 5.34. The van der Waals surface area contributed by atoms with E-state index < -0.39 is 23.4 Å². The maximum absolute atomic E-state index is 13.1. The zero-order valence-electron chi connectivity index (χ0n) is 22.3. The smallest absolute Gasteiger partial charge is 0.418 e. The number of pyridine rings is 1. The topological polar surface area (TPSA) is 75.1 Å². The predicted octanol–water partition coefficient (Wildman–Crippen LogP) is 7.07. The molecule has 0 fully saturated rings. The zero-order chi connectivity index (χ0) is 29.1. The van der Waals surface area contributed by atoms with Gasteiger partial charge in [-0.2, -0.15) is 13.2 Å². The first kappa shape index (κ1) is 28.3. The lowest BCUT2D eigenvalue weighted by molar-refractivity contribution is -0.137. The summed E-state index contributed by atoms with van der Waals surface area (Å²) in [5, 5.41) is 0. The molecular formula is C30H27F3N4O3. The molecule has 0 radical (unpaired) electrons. The van der Waals surface area contributed by atoms with Crippen LogP contribution < -0.4 is 4.90 Å². The number of aromatic nitrogens is 1. The Hall–Kier alpha value is -4.73.